The van der Waals surface area contributed by atoms with Crippen molar-refractivity contribution in [1.29, 1.82) is 0 Å². The molecule has 0 unspecified atom stereocenters. The van der Waals surface area contributed by atoms with Crippen molar-refractivity contribution in [3.05, 3.63) is 64.9 Å². The minimum atomic E-state index is 0.190. The zero-order chi connectivity index (χ0) is 19.3. The maximum atomic E-state index is 12.6. The van der Waals surface area contributed by atoms with Crippen molar-refractivity contribution in [2.75, 3.05) is 18.5 Å². The number of Topliss-reactive ketones (excluding diaryl/α,β-unsaturated/α-hetero) is 1. The van der Waals surface area contributed by atoms with Gasteiger partial charge >= 0.3 is 0 Å². The van der Waals surface area contributed by atoms with Crippen LogP contribution in [0.4, 0.5) is 5.69 Å². The van der Waals surface area contributed by atoms with Crippen LogP contribution in [0, 0.1) is 6.92 Å². The third-order valence-electron chi connectivity index (χ3n) is 5.69. The van der Waals surface area contributed by atoms with Gasteiger partial charge in [-0.05, 0) is 65.4 Å². The summed E-state index contributed by atoms with van der Waals surface area (Å²) in [6.07, 6.45) is 5.19. The lowest BCUT2D eigenvalue weighted by Gasteiger charge is -2.23. The lowest BCUT2D eigenvalue weighted by molar-refractivity contribution is -0.112. The number of hydrogen-bond acceptors (Lipinski definition) is 4. The Balaban J connectivity index is 1.57. The molecule has 1 N–H and O–H groups in total. The predicted molar refractivity (Wildman–Crippen MR) is 113 cm³/mol. The van der Waals surface area contributed by atoms with E-state index in [1.807, 2.05) is 25.3 Å². The number of nitrogens with zero attached hydrogens (tertiary/aromatic N) is 1. The van der Waals surface area contributed by atoms with Crippen molar-refractivity contribution in [1.82, 2.24) is 0 Å². The van der Waals surface area contributed by atoms with Crippen LogP contribution in [0.5, 0.6) is 5.75 Å². The SMILES string of the molecule is CC1=NC=C(/C=C2\C(=O)Cc3ccc(-c4ccc5c(c4C)NCCO5)cc32)C1. The van der Waals surface area contributed by atoms with Crippen LogP contribution in [0.2, 0.25) is 0 Å². The summed E-state index contributed by atoms with van der Waals surface area (Å²) in [7, 11) is 0. The van der Waals surface area contributed by atoms with Gasteiger partial charge in [0.25, 0.3) is 0 Å². The fraction of sp³-hybridized carbons (Fsp3) is 0.250. The van der Waals surface area contributed by atoms with Gasteiger partial charge in [0.15, 0.2) is 5.78 Å². The first-order chi connectivity index (χ1) is 13.6. The van der Waals surface area contributed by atoms with Crippen LogP contribution in [-0.2, 0) is 11.2 Å². The van der Waals surface area contributed by atoms with E-state index in [4.69, 9.17) is 4.74 Å². The molecule has 0 radical (unpaired) electrons. The standard InChI is InChI=1S/C24H22N2O2/c1-14-9-16(13-26-14)10-21-20-11-17(3-4-18(20)12-22(21)27)19-5-6-23-24(15(19)2)25-7-8-28-23/h3-6,10-11,13,25H,7-9,12H2,1-2H3/b21-10-. The molecule has 0 spiro atoms. The Morgan fingerprint density at radius 1 is 1.11 bits per heavy atom. The van der Waals surface area contributed by atoms with E-state index in [2.05, 4.69) is 41.5 Å². The third kappa shape index (κ3) is 2.76. The first kappa shape index (κ1) is 17.0. The Kier molecular flexibility index (Phi) is 3.93. The molecule has 28 heavy (non-hydrogen) atoms. The van der Waals surface area contributed by atoms with Gasteiger partial charge in [0, 0.05) is 36.9 Å². The van der Waals surface area contributed by atoms with E-state index >= 15 is 0 Å². The van der Waals surface area contributed by atoms with Gasteiger partial charge < -0.3 is 10.1 Å². The number of rotatable bonds is 2. The normalized spacial score (nSPS) is 18.9. The molecule has 0 saturated heterocycles. The molecule has 0 amide bonds. The first-order valence-electron chi connectivity index (χ1n) is 9.71. The Hall–Kier alpha value is -3.14. The van der Waals surface area contributed by atoms with Crippen LogP contribution in [0.1, 0.15) is 30.0 Å². The largest absolute Gasteiger partial charge is 0.490 e. The van der Waals surface area contributed by atoms with E-state index in [1.165, 1.54) is 5.56 Å². The highest BCUT2D eigenvalue weighted by Crippen LogP contribution is 2.40. The second kappa shape index (κ2) is 6.48. The van der Waals surface area contributed by atoms with Gasteiger partial charge in [-0.3, -0.25) is 9.79 Å². The van der Waals surface area contributed by atoms with Gasteiger partial charge in [0.05, 0.1) is 5.69 Å². The van der Waals surface area contributed by atoms with Gasteiger partial charge in [-0.2, -0.15) is 0 Å². The van der Waals surface area contributed by atoms with Crippen LogP contribution in [0.3, 0.4) is 0 Å². The van der Waals surface area contributed by atoms with Crippen molar-refractivity contribution >= 4 is 22.8 Å². The van der Waals surface area contributed by atoms with Crippen LogP contribution < -0.4 is 10.1 Å². The number of hydrogen-bond donors (Lipinski definition) is 1. The highest BCUT2D eigenvalue weighted by atomic mass is 16.5. The van der Waals surface area contributed by atoms with Gasteiger partial charge in [-0.1, -0.05) is 18.2 Å². The molecular weight excluding hydrogens is 348 g/mol. The third-order valence-corrected chi connectivity index (χ3v) is 5.69. The Bertz CT molecular complexity index is 1110. The number of nitrogens with one attached hydrogen (secondary N) is 1. The molecule has 0 bridgehead atoms. The van der Waals surface area contributed by atoms with Crippen molar-refractivity contribution in [2.45, 2.75) is 26.7 Å². The van der Waals surface area contributed by atoms with E-state index in [9.17, 15) is 4.79 Å². The van der Waals surface area contributed by atoms with E-state index < -0.39 is 0 Å². The predicted octanol–water partition coefficient (Wildman–Crippen LogP) is 4.72. The summed E-state index contributed by atoms with van der Waals surface area (Å²) in [5.41, 5.74) is 9.69. The summed E-state index contributed by atoms with van der Waals surface area (Å²) >= 11 is 0. The minimum absolute atomic E-state index is 0.190. The molecule has 0 saturated carbocycles. The Morgan fingerprint density at radius 2 is 2.00 bits per heavy atom. The van der Waals surface area contributed by atoms with Crippen LogP contribution >= 0.6 is 0 Å². The first-order valence-corrected chi connectivity index (χ1v) is 9.71. The van der Waals surface area contributed by atoms with Gasteiger partial charge in [0.1, 0.15) is 12.4 Å². The summed E-state index contributed by atoms with van der Waals surface area (Å²) in [5, 5.41) is 3.45. The number of carbonyl (C=O) groups excluding carboxylic acids is 1. The molecule has 4 nitrogen and oxygen atoms in total. The van der Waals surface area contributed by atoms with Gasteiger partial charge in [-0.25, -0.2) is 0 Å². The molecule has 1 aliphatic carbocycles. The number of ketones is 1. The quantitative estimate of drug-likeness (QED) is 0.778. The highest BCUT2D eigenvalue weighted by molar-refractivity contribution is 6.26. The molecule has 2 aromatic carbocycles. The number of allylic oxidation sites excluding steroid dienone is 3. The number of fused-ring (bicyclic) bond motifs is 2. The van der Waals surface area contributed by atoms with Crippen LogP contribution in [0.25, 0.3) is 16.7 Å². The second-order valence-electron chi connectivity index (χ2n) is 7.66. The molecule has 0 atom stereocenters. The number of carbonyl (C=O) groups is 1. The average molecular weight is 370 g/mol. The smallest absolute Gasteiger partial charge is 0.167 e. The van der Waals surface area contributed by atoms with Crippen molar-refractivity contribution in [3.63, 3.8) is 0 Å². The fourth-order valence-electron chi connectivity index (χ4n) is 4.26. The Morgan fingerprint density at radius 3 is 2.82 bits per heavy atom. The molecule has 5 rings (SSSR count). The molecule has 140 valence electrons. The van der Waals surface area contributed by atoms with Gasteiger partial charge in [-0.15, -0.1) is 0 Å². The zero-order valence-corrected chi connectivity index (χ0v) is 16.1. The molecular formula is C24H22N2O2. The Labute approximate surface area is 164 Å². The van der Waals surface area contributed by atoms with Crippen molar-refractivity contribution < 1.29 is 9.53 Å². The number of benzene rings is 2. The van der Waals surface area contributed by atoms with Crippen molar-refractivity contribution in [2.24, 2.45) is 4.99 Å². The molecule has 2 aliphatic heterocycles. The number of ether oxygens (including phenoxy) is 1. The van der Waals surface area contributed by atoms with E-state index in [1.54, 1.807) is 0 Å². The average Bonchev–Trinajstić information content (AvgIpc) is 3.25. The second-order valence-corrected chi connectivity index (χ2v) is 7.66. The summed E-state index contributed by atoms with van der Waals surface area (Å²) in [5.74, 6) is 1.10. The molecule has 2 heterocycles. The summed E-state index contributed by atoms with van der Waals surface area (Å²) in [6, 6.07) is 10.5. The fourth-order valence-corrected chi connectivity index (χ4v) is 4.26. The van der Waals surface area contributed by atoms with Crippen LogP contribution in [-0.4, -0.2) is 24.6 Å². The zero-order valence-electron chi connectivity index (χ0n) is 16.1. The van der Waals surface area contributed by atoms with E-state index in [-0.39, 0.29) is 5.78 Å². The molecule has 0 aromatic heterocycles. The van der Waals surface area contributed by atoms with Crippen LogP contribution in [0.15, 0.2) is 53.2 Å². The number of aliphatic imine (C=N–C) groups is 1. The van der Waals surface area contributed by atoms with E-state index in [0.717, 1.165) is 63.5 Å². The maximum absolute atomic E-state index is 12.6. The molecule has 4 heteroatoms. The molecule has 2 aromatic rings. The van der Waals surface area contributed by atoms with E-state index in [0.29, 0.717) is 13.0 Å². The van der Waals surface area contributed by atoms with Gasteiger partial charge in [0.2, 0.25) is 0 Å². The highest BCUT2D eigenvalue weighted by Gasteiger charge is 2.26. The topological polar surface area (TPSA) is 50.7 Å². The summed E-state index contributed by atoms with van der Waals surface area (Å²) in [4.78, 5) is 17.0. The summed E-state index contributed by atoms with van der Waals surface area (Å²) < 4.78 is 5.75. The number of anilines is 1. The van der Waals surface area contributed by atoms with Crippen molar-refractivity contribution in [3.8, 4) is 16.9 Å². The molecule has 0 fully saturated rings. The lowest BCUT2D eigenvalue weighted by atomic mass is 9.94. The maximum Gasteiger partial charge on any atom is 0.167 e. The monoisotopic (exact) mass is 370 g/mol. The molecule has 3 aliphatic rings. The minimum Gasteiger partial charge on any atom is -0.490 e. The lowest BCUT2D eigenvalue weighted by Crippen LogP contribution is -2.19. The summed E-state index contributed by atoms with van der Waals surface area (Å²) in [6.45, 7) is 5.65.